The summed E-state index contributed by atoms with van der Waals surface area (Å²) in [5.74, 6) is 0. The van der Waals surface area contributed by atoms with Crippen molar-refractivity contribution in [1.82, 2.24) is 0 Å². The minimum atomic E-state index is -1.55. The summed E-state index contributed by atoms with van der Waals surface area (Å²) in [6.07, 6.45) is 0. The highest BCUT2D eigenvalue weighted by atomic mass is 28.3. The van der Waals surface area contributed by atoms with Crippen molar-refractivity contribution in [2.45, 2.75) is 39.3 Å². The Bertz CT molecular complexity index is 527. The average molecular weight is 327 g/mol. The average Bonchev–Trinajstić information content (AvgIpc) is 2.47. The summed E-state index contributed by atoms with van der Waals surface area (Å²) in [4.78, 5) is 0. The van der Waals surface area contributed by atoms with E-state index >= 15 is 0 Å². The van der Waals surface area contributed by atoms with Gasteiger partial charge in [-0.25, -0.2) is 0 Å². The van der Waals surface area contributed by atoms with Gasteiger partial charge in [-0.2, -0.15) is 0 Å². The number of rotatable bonds is 4. The van der Waals surface area contributed by atoms with Crippen molar-refractivity contribution in [2.24, 2.45) is 0 Å². The molecule has 0 unspecified atom stereocenters. The van der Waals surface area contributed by atoms with E-state index in [1.807, 2.05) is 0 Å². The van der Waals surface area contributed by atoms with Crippen LogP contribution in [0.15, 0.2) is 48.5 Å². The third-order valence-corrected chi connectivity index (χ3v) is 10.9. The highest BCUT2D eigenvalue weighted by Crippen LogP contribution is 2.04. The molecule has 0 aromatic heterocycles. The van der Waals surface area contributed by atoms with Crippen LogP contribution in [0.1, 0.15) is 0 Å². The van der Waals surface area contributed by atoms with Crippen LogP contribution in [0.4, 0.5) is 0 Å². The molecule has 2 radical (unpaired) electrons. The summed E-state index contributed by atoms with van der Waals surface area (Å²) in [6, 6.07) is 18.9. The molecule has 0 aliphatic rings. The first-order chi connectivity index (χ1) is 9.82. The fraction of sp³-hybridized carbons (Fsp3) is 0.333. The lowest BCUT2D eigenvalue weighted by Gasteiger charge is -2.24. The lowest BCUT2D eigenvalue weighted by Crippen LogP contribution is -2.53. The van der Waals surface area contributed by atoms with Crippen LogP contribution in [0.5, 0.6) is 0 Å². The molecule has 0 amide bonds. The fourth-order valence-electron chi connectivity index (χ4n) is 2.61. The maximum absolute atomic E-state index is 2.46. The second kappa shape index (κ2) is 6.46. The minimum absolute atomic E-state index is 0.334. The molecule has 0 saturated carbocycles. The predicted molar refractivity (Wildman–Crippen MR) is 104 cm³/mol. The number of hydrogen-bond donors (Lipinski definition) is 0. The molecule has 0 N–H and O–H groups in total. The van der Waals surface area contributed by atoms with Crippen molar-refractivity contribution in [3.05, 3.63) is 48.5 Å². The zero-order valence-electron chi connectivity index (χ0n) is 14.1. The Morgan fingerprint density at radius 2 is 0.857 bits per heavy atom. The Labute approximate surface area is 134 Å². The van der Waals surface area contributed by atoms with E-state index in [4.69, 9.17) is 0 Å². The molecule has 0 heterocycles. The summed E-state index contributed by atoms with van der Waals surface area (Å²) in [7, 11) is -2.22. The lowest BCUT2D eigenvalue weighted by atomic mass is 10.3. The van der Waals surface area contributed by atoms with Gasteiger partial charge >= 0.3 is 0 Å². The van der Waals surface area contributed by atoms with Crippen molar-refractivity contribution in [3.63, 3.8) is 0 Å². The molecular formula is C18H26Si3. The molecule has 0 fully saturated rings. The molecule has 2 aromatic carbocycles. The lowest BCUT2D eigenvalue weighted by molar-refractivity contribution is 1.69. The highest BCUT2D eigenvalue weighted by Gasteiger charge is 2.25. The zero-order valence-corrected chi connectivity index (χ0v) is 17.1. The Morgan fingerprint density at radius 1 is 0.571 bits per heavy atom. The van der Waals surface area contributed by atoms with Crippen LogP contribution >= 0.6 is 0 Å². The van der Waals surface area contributed by atoms with Gasteiger partial charge in [0.25, 0.3) is 0 Å². The second-order valence-corrected chi connectivity index (χ2v) is 16.3. The van der Waals surface area contributed by atoms with E-state index in [1.165, 1.54) is 10.4 Å². The zero-order chi connectivity index (χ0) is 15.6. The van der Waals surface area contributed by atoms with Gasteiger partial charge in [-0.05, 0) is 0 Å². The van der Waals surface area contributed by atoms with E-state index in [2.05, 4.69) is 87.8 Å². The summed E-state index contributed by atoms with van der Waals surface area (Å²) < 4.78 is 0. The summed E-state index contributed by atoms with van der Waals surface area (Å²) in [6.45, 7) is 14.4. The van der Waals surface area contributed by atoms with Crippen molar-refractivity contribution in [3.8, 4) is 0 Å². The van der Waals surface area contributed by atoms with E-state index in [0.717, 1.165) is 0 Å². The summed E-state index contributed by atoms with van der Waals surface area (Å²) in [5, 5.41) is 6.16. The van der Waals surface area contributed by atoms with Crippen LogP contribution in [-0.2, 0) is 0 Å². The van der Waals surface area contributed by atoms with Gasteiger partial charge in [0.1, 0.15) is 8.07 Å². The predicted octanol–water partition coefficient (Wildman–Crippen LogP) is 2.43. The molecular weight excluding hydrogens is 300 g/mol. The third-order valence-electron chi connectivity index (χ3n) is 4.37. The molecule has 0 atom stereocenters. The molecule has 0 aliphatic heterocycles. The number of benzene rings is 2. The van der Waals surface area contributed by atoms with Gasteiger partial charge in [0.05, 0.1) is 17.6 Å². The van der Waals surface area contributed by atoms with Crippen LogP contribution in [0.25, 0.3) is 0 Å². The maximum atomic E-state index is 2.46. The topological polar surface area (TPSA) is 0 Å². The smallest absolute Gasteiger partial charge is 0.0671 e. The van der Waals surface area contributed by atoms with E-state index in [0.29, 0.717) is 0 Å². The molecule has 2 aromatic rings. The normalized spacial score (nSPS) is 12.2. The molecule has 3 heteroatoms. The van der Waals surface area contributed by atoms with Gasteiger partial charge in [0.15, 0.2) is 0 Å². The molecule has 0 nitrogen and oxygen atoms in total. The van der Waals surface area contributed by atoms with Crippen LogP contribution in [-0.4, -0.2) is 25.7 Å². The Hall–Kier alpha value is -0.909. The van der Waals surface area contributed by atoms with E-state index in [1.54, 1.807) is 10.4 Å². The minimum Gasteiger partial charge on any atom is -0.0671 e. The SMILES string of the molecule is C[Si](C)c1ccc([Si](C)(C)c2ccc([Si](C)C)cc2)cc1. The second-order valence-electron chi connectivity index (χ2n) is 6.78. The van der Waals surface area contributed by atoms with Crippen LogP contribution in [0.3, 0.4) is 0 Å². The van der Waals surface area contributed by atoms with Gasteiger partial charge in [0.2, 0.25) is 0 Å². The van der Waals surface area contributed by atoms with E-state index < -0.39 is 8.07 Å². The molecule has 0 aliphatic carbocycles. The van der Waals surface area contributed by atoms with Crippen LogP contribution in [0.2, 0.25) is 39.3 Å². The van der Waals surface area contributed by atoms with E-state index in [-0.39, 0.29) is 17.6 Å². The molecule has 110 valence electrons. The first-order valence-corrected chi connectivity index (χ1v) is 15.6. The van der Waals surface area contributed by atoms with Gasteiger partial charge < -0.3 is 0 Å². The molecule has 0 spiro atoms. The Balaban J connectivity index is 2.31. The monoisotopic (exact) mass is 326 g/mol. The Morgan fingerprint density at radius 3 is 1.10 bits per heavy atom. The van der Waals surface area contributed by atoms with Gasteiger partial charge in [-0.15, -0.1) is 0 Å². The third kappa shape index (κ3) is 3.65. The fourth-order valence-corrected chi connectivity index (χ4v) is 6.61. The molecule has 0 saturated heterocycles. The highest BCUT2D eigenvalue weighted by molar-refractivity contribution is 7.00. The van der Waals surface area contributed by atoms with Crippen molar-refractivity contribution < 1.29 is 0 Å². The maximum Gasteiger partial charge on any atom is 0.112 e. The van der Waals surface area contributed by atoms with Crippen LogP contribution in [0, 0.1) is 0 Å². The summed E-state index contributed by atoms with van der Waals surface area (Å²) >= 11 is 0. The molecule has 21 heavy (non-hydrogen) atoms. The van der Waals surface area contributed by atoms with Crippen molar-refractivity contribution in [1.29, 1.82) is 0 Å². The van der Waals surface area contributed by atoms with Crippen LogP contribution < -0.4 is 20.7 Å². The largest absolute Gasteiger partial charge is 0.112 e. The first kappa shape index (κ1) is 16.5. The van der Waals surface area contributed by atoms with Gasteiger partial charge in [-0.3, -0.25) is 0 Å². The Kier molecular flexibility index (Phi) is 5.07. The van der Waals surface area contributed by atoms with Gasteiger partial charge in [-0.1, -0.05) is 109 Å². The molecule has 2 rings (SSSR count). The summed E-state index contributed by atoms with van der Waals surface area (Å²) in [5.41, 5.74) is 0. The number of hydrogen-bond acceptors (Lipinski definition) is 0. The quantitative estimate of drug-likeness (QED) is 0.757. The van der Waals surface area contributed by atoms with E-state index in [9.17, 15) is 0 Å². The molecule has 0 bridgehead atoms. The standard InChI is InChI=1S/C18H26Si3/c1-19(2)15-7-11-17(12-8-15)21(5,6)18-13-9-16(10-14-18)20(3)4/h7-14H,1-6H3. The van der Waals surface area contributed by atoms with Crippen molar-refractivity contribution >= 4 is 46.4 Å². The first-order valence-electron chi connectivity index (χ1n) is 7.64. The van der Waals surface area contributed by atoms with Crippen molar-refractivity contribution in [2.75, 3.05) is 0 Å². The van der Waals surface area contributed by atoms with Gasteiger partial charge in [0, 0.05) is 0 Å².